The molecule has 0 aromatic heterocycles. The molecule has 5 heteroatoms. The number of carbonyl (C=O) groups is 2. The van der Waals surface area contributed by atoms with Crippen molar-refractivity contribution in [1.82, 2.24) is 4.90 Å². The van der Waals surface area contributed by atoms with E-state index in [2.05, 4.69) is 0 Å². The highest BCUT2D eigenvalue weighted by Crippen LogP contribution is 2.35. The molecule has 21 heavy (non-hydrogen) atoms. The van der Waals surface area contributed by atoms with E-state index >= 15 is 0 Å². The zero-order valence-corrected chi connectivity index (χ0v) is 11.8. The van der Waals surface area contributed by atoms with Gasteiger partial charge in [-0.2, -0.15) is 0 Å². The van der Waals surface area contributed by atoms with Crippen molar-refractivity contribution >= 4 is 11.9 Å². The third kappa shape index (κ3) is 2.60. The van der Waals surface area contributed by atoms with Crippen molar-refractivity contribution in [2.45, 2.75) is 37.6 Å². The summed E-state index contributed by atoms with van der Waals surface area (Å²) in [6, 6.07) is 6.79. The molecular formula is C16H19NO4. The Labute approximate surface area is 123 Å². The molecule has 2 aliphatic rings. The Kier molecular flexibility index (Phi) is 3.82. The maximum absolute atomic E-state index is 12.8. The predicted octanol–water partition coefficient (Wildman–Crippen LogP) is 2.02. The highest BCUT2D eigenvalue weighted by Gasteiger charge is 2.38. The topological polar surface area (TPSA) is 66.8 Å². The van der Waals surface area contributed by atoms with Crippen LogP contribution in [0.1, 0.15) is 37.2 Å². The van der Waals surface area contributed by atoms with Gasteiger partial charge in [0.25, 0.3) is 0 Å². The Morgan fingerprint density at radius 3 is 2.81 bits per heavy atom. The van der Waals surface area contributed by atoms with E-state index in [1.807, 2.05) is 24.3 Å². The molecule has 1 fully saturated rings. The van der Waals surface area contributed by atoms with Crippen LogP contribution in [-0.2, 0) is 9.59 Å². The second kappa shape index (κ2) is 5.76. The molecule has 2 unspecified atom stereocenters. The number of rotatable bonds is 2. The van der Waals surface area contributed by atoms with Crippen LogP contribution >= 0.6 is 0 Å². The minimum absolute atomic E-state index is 0.116. The summed E-state index contributed by atoms with van der Waals surface area (Å²) in [7, 11) is 0. The van der Waals surface area contributed by atoms with E-state index in [4.69, 9.17) is 4.74 Å². The average molecular weight is 289 g/mol. The number of nitrogens with zero attached hydrogens (tertiary/aromatic N) is 1. The van der Waals surface area contributed by atoms with Crippen LogP contribution in [-0.4, -0.2) is 41.1 Å². The Morgan fingerprint density at radius 2 is 2.00 bits per heavy atom. The molecule has 2 aliphatic heterocycles. The lowest BCUT2D eigenvalue weighted by molar-refractivity contribution is -0.151. The van der Waals surface area contributed by atoms with E-state index < -0.39 is 12.0 Å². The molecule has 1 aromatic carbocycles. The second-order valence-electron chi connectivity index (χ2n) is 5.64. The van der Waals surface area contributed by atoms with Crippen LogP contribution in [0.3, 0.4) is 0 Å². The van der Waals surface area contributed by atoms with Gasteiger partial charge in [-0.05, 0) is 18.9 Å². The summed E-state index contributed by atoms with van der Waals surface area (Å²) < 4.78 is 5.56. The first-order valence-electron chi connectivity index (χ1n) is 7.43. The number of likely N-dealkylation sites (tertiary alicyclic amines) is 1. The molecule has 0 radical (unpaired) electrons. The van der Waals surface area contributed by atoms with Gasteiger partial charge in [0.2, 0.25) is 5.91 Å². The molecule has 5 nitrogen and oxygen atoms in total. The van der Waals surface area contributed by atoms with Crippen molar-refractivity contribution in [2.75, 3.05) is 13.2 Å². The number of aliphatic carboxylic acids is 1. The zero-order valence-electron chi connectivity index (χ0n) is 11.8. The predicted molar refractivity (Wildman–Crippen MR) is 76.3 cm³/mol. The molecule has 112 valence electrons. The number of amides is 1. The van der Waals surface area contributed by atoms with Crippen molar-refractivity contribution < 1.29 is 19.4 Å². The monoisotopic (exact) mass is 289 g/mol. The molecule has 0 bridgehead atoms. The lowest BCUT2D eigenvalue weighted by atomic mass is 9.98. The molecule has 1 N–H and O–H groups in total. The molecule has 3 rings (SSSR count). The zero-order chi connectivity index (χ0) is 14.8. The van der Waals surface area contributed by atoms with Crippen molar-refractivity contribution in [3.8, 4) is 5.75 Å². The maximum atomic E-state index is 12.8. The summed E-state index contributed by atoms with van der Waals surface area (Å²) in [4.78, 5) is 25.8. The van der Waals surface area contributed by atoms with E-state index in [-0.39, 0.29) is 11.8 Å². The normalized spacial score (nSPS) is 24.9. The highest BCUT2D eigenvalue weighted by atomic mass is 16.5. The summed E-state index contributed by atoms with van der Waals surface area (Å²) in [5.41, 5.74) is 0.871. The van der Waals surface area contributed by atoms with Crippen molar-refractivity contribution in [1.29, 1.82) is 0 Å². The van der Waals surface area contributed by atoms with Gasteiger partial charge in [-0.1, -0.05) is 31.0 Å². The first-order chi connectivity index (χ1) is 10.2. The minimum Gasteiger partial charge on any atom is -0.492 e. The molecule has 0 spiro atoms. The summed E-state index contributed by atoms with van der Waals surface area (Å²) in [6.45, 7) is 0.829. The van der Waals surface area contributed by atoms with Crippen LogP contribution in [0.5, 0.6) is 5.75 Å². The number of para-hydroxylation sites is 1. The number of carboxylic acid groups (broad SMARTS) is 1. The van der Waals surface area contributed by atoms with Crippen LogP contribution in [0.2, 0.25) is 0 Å². The second-order valence-corrected chi connectivity index (χ2v) is 5.64. The fourth-order valence-electron chi connectivity index (χ4n) is 3.20. The SMILES string of the molecule is O=C(O)C1CCCCCN1C(=O)C1COc2ccccc21. The van der Waals surface area contributed by atoms with E-state index in [9.17, 15) is 14.7 Å². The lowest BCUT2D eigenvalue weighted by Gasteiger charge is -2.29. The number of hydrogen-bond donors (Lipinski definition) is 1. The van der Waals surface area contributed by atoms with Crippen LogP contribution < -0.4 is 4.74 Å². The first-order valence-corrected chi connectivity index (χ1v) is 7.43. The Bertz CT molecular complexity index is 557. The van der Waals surface area contributed by atoms with Crippen molar-refractivity contribution in [3.63, 3.8) is 0 Å². The van der Waals surface area contributed by atoms with Crippen LogP contribution in [0.15, 0.2) is 24.3 Å². The Morgan fingerprint density at radius 1 is 1.19 bits per heavy atom. The third-order valence-corrected chi connectivity index (χ3v) is 4.32. The van der Waals surface area contributed by atoms with Crippen molar-refractivity contribution in [3.05, 3.63) is 29.8 Å². The molecule has 2 heterocycles. The van der Waals surface area contributed by atoms with Gasteiger partial charge in [0.15, 0.2) is 0 Å². The largest absolute Gasteiger partial charge is 0.492 e. The van der Waals surface area contributed by atoms with Gasteiger partial charge in [-0.25, -0.2) is 4.79 Å². The maximum Gasteiger partial charge on any atom is 0.326 e. The molecule has 0 aliphatic carbocycles. The molecule has 2 atom stereocenters. The number of ether oxygens (including phenoxy) is 1. The van der Waals surface area contributed by atoms with Gasteiger partial charge >= 0.3 is 5.97 Å². The number of carboxylic acids is 1. The summed E-state index contributed by atoms with van der Waals surface area (Å²) >= 11 is 0. The van der Waals surface area contributed by atoms with Crippen LogP contribution in [0.25, 0.3) is 0 Å². The number of carbonyl (C=O) groups excluding carboxylic acids is 1. The van der Waals surface area contributed by atoms with E-state index in [0.717, 1.165) is 30.6 Å². The summed E-state index contributed by atoms with van der Waals surface area (Å²) in [5, 5.41) is 9.40. The lowest BCUT2D eigenvalue weighted by Crippen LogP contribution is -2.47. The smallest absolute Gasteiger partial charge is 0.326 e. The number of hydrogen-bond acceptors (Lipinski definition) is 3. The molecule has 1 amide bonds. The van der Waals surface area contributed by atoms with Crippen LogP contribution in [0, 0.1) is 0 Å². The summed E-state index contributed by atoms with van der Waals surface area (Å²) in [5.74, 6) is -0.662. The minimum atomic E-state index is -0.905. The number of fused-ring (bicyclic) bond motifs is 1. The standard InChI is InChI=1S/C16H19NO4/c18-15(12-10-21-14-8-4-3-6-11(12)14)17-9-5-1-2-7-13(17)16(19)20/h3-4,6,8,12-13H,1-2,5,7,9-10H2,(H,19,20). The molecular weight excluding hydrogens is 270 g/mol. The Balaban J connectivity index is 1.85. The van der Waals surface area contributed by atoms with Gasteiger partial charge in [0.05, 0.1) is 0 Å². The molecule has 0 saturated carbocycles. The van der Waals surface area contributed by atoms with Crippen molar-refractivity contribution in [2.24, 2.45) is 0 Å². The van der Waals surface area contributed by atoms with E-state index in [1.165, 1.54) is 0 Å². The first kappa shape index (κ1) is 13.9. The molecule has 1 aromatic rings. The highest BCUT2D eigenvalue weighted by molar-refractivity contribution is 5.89. The van der Waals surface area contributed by atoms with E-state index in [0.29, 0.717) is 19.6 Å². The van der Waals surface area contributed by atoms with E-state index in [1.54, 1.807) is 4.90 Å². The Hall–Kier alpha value is -2.04. The summed E-state index contributed by atoms with van der Waals surface area (Å²) in [6.07, 6.45) is 3.24. The van der Waals surface area contributed by atoms with Gasteiger partial charge < -0.3 is 14.7 Å². The van der Waals surface area contributed by atoms with Gasteiger partial charge in [-0.3, -0.25) is 4.79 Å². The van der Waals surface area contributed by atoms with Crippen LogP contribution in [0.4, 0.5) is 0 Å². The number of benzene rings is 1. The fraction of sp³-hybridized carbons (Fsp3) is 0.500. The quantitative estimate of drug-likeness (QED) is 0.904. The van der Waals surface area contributed by atoms with Gasteiger partial charge in [0.1, 0.15) is 24.3 Å². The average Bonchev–Trinajstić information content (AvgIpc) is 2.75. The van der Waals surface area contributed by atoms with Gasteiger partial charge in [0, 0.05) is 12.1 Å². The molecule has 1 saturated heterocycles. The fourth-order valence-corrected chi connectivity index (χ4v) is 3.20. The van der Waals surface area contributed by atoms with Gasteiger partial charge in [-0.15, -0.1) is 0 Å². The third-order valence-electron chi connectivity index (χ3n) is 4.32.